The Morgan fingerprint density at radius 2 is 1.95 bits per heavy atom. The maximum atomic E-state index is 5.94. The smallest absolute Gasteiger partial charge is 0.174 e. The molecule has 0 unspecified atom stereocenters. The van der Waals surface area contributed by atoms with E-state index >= 15 is 0 Å². The highest BCUT2D eigenvalue weighted by Gasteiger charge is 2.12. The lowest BCUT2D eigenvalue weighted by molar-refractivity contribution is -0.107. The van der Waals surface area contributed by atoms with Crippen LogP contribution in [0.25, 0.3) is 0 Å². The first-order valence-electron chi connectivity index (χ1n) is 5.50. The van der Waals surface area contributed by atoms with Gasteiger partial charge in [0.2, 0.25) is 0 Å². The zero-order valence-electron chi connectivity index (χ0n) is 10.9. The van der Waals surface area contributed by atoms with E-state index in [1.54, 1.807) is 32.4 Å². The first-order chi connectivity index (χ1) is 8.97. The average molecular weight is 323 g/mol. The lowest BCUT2D eigenvalue weighted by Gasteiger charge is -2.24. The Labute approximate surface area is 128 Å². The summed E-state index contributed by atoms with van der Waals surface area (Å²) in [7, 11) is 5.01. The summed E-state index contributed by atoms with van der Waals surface area (Å²) < 4.78 is 10.2. The van der Waals surface area contributed by atoms with Gasteiger partial charge in [0.15, 0.2) is 11.4 Å². The third kappa shape index (κ3) is 5.12. The second-order valence-electron chi connectivity index (χ2n) is 3.84. The number of thiocarbonyl (C=S) groups is 1. The summed E-state index contributed by atoms with van der Waals surface area (Å²) >= 11 is 17.1. The van der Waals surface area contributed by atoms with Gasteiger partial charge in [0.25, 0.3) is 0 Å². The Hall–Kier alpha value is -0.590. The second-order valence-corrected chi connectivity index (χ2v) is 5.04. The summed E-state index contributed by atoms with van der Waals surface area (Å²) in [6.07, 6.45) is -0.335. The van der Waals surface area contributed by atoms with Gasteiger partial charge in [0.05, 0.1) is 16.6 Å². The molecule has 0 radical (unpaired) electrons. The van der Waals surface area contributed by atoms with Crippen LogP contribution in [-0.2, 0) is 9.47 Å². The molecule has 0 saturated carbocycles. The topological polar surface area (TPSA) is 33.7 Å². The fourth-order valence-corrected chi connectivity index (χ4v) is 1.84. The van der Waals surface area contributed by atoms with Crippen molar-refractivity contribution in [3.05, 3.63) is 28.2 Å². The highest BCUT2D eigenvalue weighted by atomic mass is 35.5. The zero-order chi connectivity index (χ0) is 14.4. The van der Waals surface area contributed by atoms with E-state index in [9.17, 15) is 0 Å². The van der Waals surface area contributed by atoms with Crippen molar-refractivity contribution in [3.63, 3.8) is 0 Å². The fraction of sp³-hybridized carbons (Fsp3) is 0.417. The number of rotatable bonds is 5. The van der Waals surface area contributed by atoms with Crippen LogP contribution in [0.5, 0.6) is 0 Å². The number of nitrogens with zero attached hydrogens (tertiary/aromatic N) is 1. The van der Waals surface area contributed by atoms with E-state index in [1.807, 2.05) is 11.9 Å². The van der Waals surface area contributed by atoms with Gasteiger partial charge in [0.1, 0.15) is 0 Å². The minimum atomic E-state index is -0.335. The molecule has 19 heavy (non-hydrogen) atoms. The average Bonchev–Trinajstić information content (AvgIpc) is 2.39. The SMILES string of the molecule is COC(CN(C)C(=S)Nc1ccc(Cl)c(Cl)c1)OC. The molecule has 0 aliphatic rings. The molecule has 4 nitrogen and oxygen atoms in total. The Balaban J connectivity index is 2.60. The summed E-state index contributed by atoms with van der Waals surface area (Å²) in [6.45, 7) is 0.514. The van der Waals surface area contributed by atoms with E-state index in [0.717, 1.165) is 5.69 Å². The summed E-state index contributed by atoms with van der Waals surface area (Å²) in [5.74, 6) is 0. The number of nitrogens with one attached hydrogen (secondary N) is 1. The highest BCUT2D eigenvalue weighted by Crippen LogP contribution is 2.25. The number of halogens is 2. The molecule has 0 amide bonds. The normalized spacial score (nSPS) is 10.6. The van der Waals surface area contributed by atoms with Gasteiger partial charge in [-0.1, -0.05) is 23.2 Å². The molecule has 0 atom stereocenters. The van der Waals surface area contributed by atoms with Gasteiger partial charge in [0, 0.05) is 27.0 Å². The van der Waals surface area contributed by atoms with Crippen molar-refractivity contribution in [1.29, 1.82) is 0 Å². The molecule has 1 rings (SSSR count). The molecule has 1 aromatic rings. The van der Waals surface area contributed by atoms with Crippen LogP contribution in [0.4, 0.5) is 5.69 Å². The highest BCUT2D eigenvalue weighted by molar-refractivity contribution is 7.80. The number of methoxy groups -OCH3 is 2. The molecule has 0 aromatic heterocycles. The maximum Gasteiger partial charge on any atom is 0.174 e. The van der Waals surface area contributed by atoms with Crippen LogP contribution in [0.2, 0.25) is 10.0 Å². The quantitative estimate of drug-likeness (QED) is 0.665. The van der Waals surface area contributed by atoms with E-state index in [-0.39, 0.29) is 6.29 Å². The fourth-order valence-electron chi connectivity index (χ4n) is 1.34. The number of hydrogen-bond acceptors (Lipinski definition) is 3. The van der Waals surface area contributed by atoms with E-state index in [0.29, 0.717) is 21.7 Å². The van der Waals surface area contributed by atoms with E-state index in [4.69, 9.17) is 44.9 Å². The Kier molecular flexibility index (Phi) is 6.82. The van der Waals surface area contributed by atoms with E-state index in [2.05, 4.69) is 5.32 Å². The standard InChI is InChI=1S/C12H16Cl2N2O2S/c1-16(7-11(17-2)18-3)12(19)15-8-4-5-9(13)10(14)6-8/h4-6,11H,7H2,1-3H3,(H,15,19). The van der Waals surface area contributed by atoms with Gasteiger partial charge >= 0.3 is 0 Å². The Bertz CT molecular complexity index is 442. The zero-order valence-corrected chi connectivity index (χ0v) is 13.3. The second kappa shape index (κ2) is 7.87. The van der Waals surface area contributed by atoms with Crippen molar-refractivity contribution in [2.24, 2.45) is 0 Å². The number of ether oxygens (including phenoxy) is 2. The Morgan fingerprint density at radius 3 is 2.47 bits per heavy atom. The van der Waals surface area contributed by atoms with Crippen molar-refractivity contribution in [1.82, 2.24) is 4.90 Å². The monoisotopic (exact) mass is 322 g/mol. The number of benzene rings is 1. The van der Waals surface area contributed by atoms with Crippen molar-refractivity contribution in [2.45, 2.75) is 6.29 Å². The predicted octanol–water partition coefficient (Wildman–Crippen LogP) is 3.24. The van der Waals surface area contributed by atoms with Crippen LogP contribution in [0.3, 0.4) is 0 Å². The lowest BCUT2D eigenvalue weighted by atomic mass is 10.3. The maximum absolute atomic E-state index is 5.94. The van der Waals surface area contributed by atoms with Gasteiger partial charge in [-0.2, -0.15) is 0 Å². The molecule has 0 bridgehead atoms. The van der Waals surface area contributed by atoms with Gasteiger partial charge in [-0.05, 0) is 30.4 Å². The van der Waals surface area contributed by atoms with Crippen molar-refractivity contribution in [2.75, 3.05) is 33.1 Å². The number of likely N-dealkylation sites (N-methyl/N-ethyl adjacent to an activating group) is 1. The summed E-state index contributed by atoms with van der Waals surface area (Å²) in [6, 6.07) is 5.23. The molecule has 0 spiro atoms. The third-order valence-electron chi connectivity index (χ3n) is 2.47. The van der Waals surface area contributed by atoms with Crippen LogP contribution in [0.1, 0.15) is 0 Å². The largest absolute Gasteiger partial charge is 0.354 e. The first-order valence-corrected chi connectivity index (χ1v) is 6.67. The predicted molar refractivity (Wildman–Crippen MR) is 83.1 cm³/mol. The summed E-state index contributed by atoms with van der Waals surface area (Å²) in [5.41, 5.74) is 0.776. The van der Waals surface area contributed by atoms with Crippen molar-refractivity contribution in [3.8, 4) is 0 Å². The summed E-state index contributed by atoms with van der Waals surface area (Å²) in [4.78, 5) is 1.81. The molecule has 1 N–H and O–H groups in total. The van der Waals surface area contributed by atoms with E-state index in [1.165, 1.54) is 0 Å². The molecule has 0 saturated heterocycles. The summed E-state index contributed by atoms with van der Waals surface area (Å²) in [5, 5.41) is 4.59. The van der Waals surface area contributed by atoms with Crippen LogP contribution < -0.4 is 5.32 Å². The van der Waals surface area contributed by atoms with Crippen LogP contribution in [0, 0.1) is 0 Å². The lowest BCUT2D eigenvalue weighted by Crippen LogP contribution is -2.38. The van der Waals surface area contributed by atoms with Crippen LogP contribution in [0.15, 0.2) is 18.2 Å². The molecule has 0 aliphatic heterocycles. The van der Waals surface area contributed by atoms with Gasteiger partial charge in [-0.15, -0.1) is 0 Å². The van der Waals surface area contributed by atoms with E-state index < -0.39 is 0 Å². The number of anilines is 1. The van der Waals surface area contributed by atoms with Crippen LogP contribution in [-0.4, -0.2) is 44.1 Å². The minimum Gasteiger partial charge on any atom is -0.354 e. The van der Waals surface area contributed by atoms with Crippen molar-refractivity contribution < 1.29 is 9.47 Å². The molecule has 0 aliphatic carbocycles. The van der Waals surface area contributed by atoms with Crippen molar-refractivity contribution >= 4 is 46.2 Å². The molecule has 0 heterocycles. The molecule has 0 fully saturated rings. The molecular weight excluding hydrogens is 307 g/mol. The molecule has 106 valence electrons. The van der Waals surface area contributed by atoms with Gasteiger partial charge in [-0.3, -0.25) is 0 Å². The molecular formula is C12H16Cl2N2O2S. The molecule has 7 heteroatoms. The first kappa shape index (κ1) is 16.5. The third-order valence-corrected chi connectivity index (χ3v) is 3.62. The molecule has 1 aromatic carbocycles. The number of hydrogen-bond donors (Lipinski definition) is 1. The van der Waals surface area contributed by atoms with Crippen LogP contribution >= 0.6 is 35.4 Å². The minimum absolute atomic E-state index is 0.335. The van der Waals surface area contributed by atoms with Gasteiger partial charge in [-0.25, -0.2) is 0 Å². The Morgan fingerprint density at radius 1 is 1.32 bits per heavy atom. The van der Waals surface area contributed by atoms with Gasteiger partial charge < -0.3 is 19.7 Å².